The summed E-state index contributed by atoms with van der Waals surface area (Å²) in [5.41, 5.74) is 4.15. The maximum absolute atomic E-state index is 11.4. The van der Waals surface area contributed by atoms with Crippen molar-refractivity contribution >= 4 is 34.8 Å². The first-order valence-electron chi connectivity index (χ1n) is 6.91. The standard InChI is InChI=1S/C16H17NO2S2/c1-19-16(18)15-8-14(9-20-15)21-10-17-13-6-5-11-3-2-4-12(11)7-13/h5-9,17H,2-4,10H2,1H3. The van der Waals surface area contributed by atoms with Crippen LogP contribution >= 0.6 is 23.1 Å². The number of thiophene rings is 1. The van der Waals surface area contributed by atoms with Gasteiger partial charge in [0, 0.05) is 16.0 Å². The number of fused-ring (bicyclic) bond motifs is 1. The maximum Gasteiger partial charge on any atom is 0.348 e. The van der Waals surface area contributed by atoms with Crippen LogP contribution in [0.15, 0.2) is 34.5 Å². The van der Waals surface area contributed by atoms with Gasteiger partial charge in [0.05, 0.1) is 13.0 Å². The third kappa shape index (κ3) is 3.41. The highest BCUT2D eigenvalue weighted by Crippen LogP contribution is 2.27. The van der Waals surface area contributed by atoms with Gasteiger partial charge in [0.2, 0.25) is 0 Å². The van der Waals surface area contributed by atoms with Gasteiger partial charge in [-0.05, 0) is 48.6 Å². The fourth-order valence-corrected chi connectivity index (χ4v) is 4.27. The van der Waals surface area contributed by atoms with Crippen LogP contribution in [0.4, 0.5) is 5.69 Å². The van der Waals surface area contributed by atoms with Gasteiger partial charge in [0.1, 0.15) is 4.88 Å². The van der Waals surface area contributed by atoms with Gasteiger partial charge in [-0.2, -0.15) is 0 Å². The Bertz CT molecular complexity index is 651. The van der Waals surface area contributed by atoms with E-state index in [0.717, 1.165) is 10.8 Å². The Hall–Kier alpha value is -1.46. The zero-order valence-electron chi connectivity index (χ0n) is 11.8. The fraction of sp³-hybridized carbons (Fsp3) is 0.312. The average Bonchev–Trinajstić information content (AvgIpc) is 3.14. The number of ether oxygens (including phenoxy) is 1. The number of anilines is 1. The van der Waals surface area contributed by atoms with Gasteiger partial charge >= 0.3 is 5.97 Å². The van der Waals surface area contributed by atoms with Crippen molar-refractivity contribution in [3.05, 3.63) is 45.6 Å². The van der Waals surface area contributed by atoms with E-state index in [-0.39, 0.29) is 5.97 Å². The molecule has 0 unspecified atom stereocenters. The Balaban J connectivity index is 1.54. The van der Waals surface area contributed by atoms with Crippen molar-refractivity contribution in [1.29, 1.82) is 0 Å². The highest BCUT2D eigenvalue weighted by Gasteiger charge is 2.11. The Morgan fingerprint density at radius 3 is 3.05 bits per heavy atom. The summed E-state index contributed by atoms with van der Waals surface area (Å²) < 4.78 is 4.71. The van der Waals surface area contributed by atoms with E-state index < -0.39 is 0 Å². The molecule has 0 fully saturated rings. The number of hydrogen-bond acceptors (Lipinski definition) is 5. The van der Waals surface area contributed by atoms with Crippen molar-refractivity contribution in [2.45, 2.75) is 24.2 Å². The van der Waals surface area contributed by atoms with Crippen molar-refractivity contribution in [3.8, 4) is 0 Å². The summed E-state index contributed by atoms with van der Waals surface area (Å²) in [6.45, 7) is 0. The molecule has 5 heteroatoms. The van der Waals surface area contributed by atoms with Crippen molar-refractivity contribution in [2.75, 3.05) is 18.3 Å². The number of hydrogen-bond donors (Lipinski definition) is 1. The predicted octanol–water partition coefficient (Wildman–Crippen LogP) is 4.19. The molecule has 1 heterocycles. The molecule has 0 aliphatic heterocycles. The molecule has 1 aromatic heterocycles. The lowest BCUT2D eigenvalue weighted by molar-refractivity contribution is 0.0606. The number of benzene rings is 1. The van der Waals surface area contributed by atoms with E-state index in [9.17, 15) is 4.79 Å². The minimum atomic E-state index is -0.265. The first kappa shape index (κ1) is 14.5. The van der Waals surface area contributed by atoms with Crippen LogP contribution in [0.2, 0.25) is 0 Å². The number of aryl methyl sites for hydroxylation is 2. The molecular weight excluding hydrogens is 302 g/mol. The highest BCUT2D eigenvalue weighted by atomic mass is 32.2. The number of methoxy groups -OCH3 is 1. The van der Waals surface area contributed by atoms with Crippen LogP contribution in [0.1, 0.15) is 27.2 Å². The first-order chi connectivity index (χ1) is 10.3. The normalized spacial score (nSPS) is 13.0. The van der Waals surface area contributed by atoms with Crippen LogP contribution in [-0.4, -0.2) is 19.0 Å². The molecule has 21 heavy (non-hydrogen) atoms. The third-order valence-electron chi connectivity index (χ3n) is 3.58. The molecule has 110 valence electrons. The van der Waals surface area contributed by atoms with Crippen molar-refractivity contribution in [1.82, 2.24) is 0 Å². The second kappa shape index (κ2) is 6.54. The molecule has 1 aromatic carbocycles. The van der Waals surface area contributed by atoms with E-state index in [0.29, 0.717) is 4.88 Å². The summed E-state index contributed by atoms with van der Waals surface area (Å²) in [5.74, 6) is 0.522. The van der Waals surface area contributed by atoms with E-state index in [2.05, 4.69) is 23.5 Å². The average molecular weight is 319 g/mol. The SMILES string of the molecule is COC(=O)c1cc(SCNc2ccc3c(c2)CCC3)cs1. The van der Waals surface area contributed by atoms with Crippen LogP contribution in [0, 0.1) is 0 Å². The lowest BCUT2D eigenvalue weighted by Crippen LogP contribution is -1.98. The number of carbonyl (C=O) groups excluding carboxylic acids is 1. The second-order valence-corrected chi connectivity index (χ2v) is 6.90. The molecule has 0 spiro atoms. The maximum atomic E-state index is 11.4. The van der Waals surface area contributed by atoms with Crippen molar-refractivity contribution in [3.63, 3.8) is 0 Å². The third-order valence-corrected chi connectivity index (χ3v) is 5.49. The van der Waals surface area contributed by atoms with E-state index >= 15 is 0 Å². The molecule has 0 amide bonds. The topological polar surface area (TPSA) is 38.3 Å². The molecule has 0 bridgehead atoms. The Kier molecular flexibility index (Phi) is 4.51. The summed E-state index contributed by atoms with van der Waals surface area (Å²) in [4.78, 5) is 13.1. The van der Waals surface area contributed by atoms with Gasteiger partial charge in [-0.15, -0.1) is 23.1 Å². The number of rotatable bonds is 5. The van der Waals surface area contributed by atoms with Gasteiger partial charge in [0.25, 0.3) is 0 Å². The van der Waals surface area contributed by atoms with Crippen molar-refractivity contribution < 1.29 is 9.53 Å². The minimum Gasteiger partial charge on any atom is -0.465 e. The second-order valence-electron chi connectivity index (χ2n) is 4.94. The minimum absolute atomic E-state index is 0.265. The molecule has 2 aromatic rings. The first-order valence-corrected chi connectivity index (χ1v) is 8.78. The summed E-state index contributed by atoms with van der Waals surface area (Å²) >= 11 is 3.11. The molecule has 0 saturated carbocycles. The quantitative estimate of drug-likeness (QED) is 0.509. The van der Waals surface area contributed by atoms with Crippen LogP contribution in [0.5, 0.6) is 0 Å². The Morgan fingerprint density at radius 2 is 2.19 bits per heavy atom. The van der Waals surface area contributed by atoms with Gasteiger partial charge < -0.3 is 10.1 Å². The van der Waals surface area contributed by atoms with E-state index in [1.54, 1.807) is 11.8 Å². The summed E-state index contributed by atoms with van der Waals surface area (Å²) in [5, 5.41) is 5.41. The van der Waals surface area contributed by atoms with E-state index in [4.69, 9.17) is 4.74 Å². The summed E-state index contributed by atoms with van der Waals surface area (Å²) in [7, 11) is 1.41. The van der Waals surface area contributed by atoms with Gasteiger partial charge in [-0.25, -0.2) is 4.79 Å². The monoisotopic (exact) mass is 319 g/mol. The molecule has 0 saturated heterocycles. The fourth-order valence-electron chi connectivity index (χ4n) is 2.49. The number of thioether (sulfide) groups is 1. The van der Waals surface area contributed by atoms with Gasteiger partial charge in [0.15, 0.2) is 0 Å². The highest BCUT2D eigenvalue weighted by molar-refractivity contribution is 7.99. The molecular formula is C16H17NO2S2. The lowest BCUT2D eigenvalue weighted by atomic mass is 10.1. The molecule has 1 aliphatic rings. The lowest BCUT2D eigenvalue weighted by Gasteiger charge is -2.07. The number of nitrogens with one attached hydrogen (secondary N) is 1. The van der Waals surface area contributed by atoms with Crippen LogP contribution in [-0.2, 0) is 17.6 Å². The van der Waals surface area contributed by atoms with Gasteiger partial charge in [-0.1, -0.05) is 6.07 Å². The molecule has 3 nitrogen and oxygen atoms in total. The molecule has 0 radical (unpaired) electrons. The molecule has 1 aliphatic carbocycles. The van der Waals surface area contributed by atoms with Gasteiger partial charge in [-0.3, -0.25) is 0 Å². The molecule has 3 rings (SSSR count). The van der Waals surface area contributed by atoms with Crippen LogP contribution < -0.4 is 5.32 Å². The number of esters is 1. The summed E-state index contributed by atoms with van der Waals surface area (Å²) in [6.07, 6.45) is 3.69. The summed E-state index contributed by atoms with van der Waals surface area (Å²) in [6, 6.07) is 8.52. The number of carbonyl (C=O) groups is 1. The largest absolute Gasteiger partial charge is 0.465 e. The Morgan fingerprint density at radius 1 is 1.33 bits per heavy atom. The predicted molar refractivity (Wildman–Crippen MR) is 88.5 cm³/mol. The van der Waals surface area contributed by atoms with Crippen molar-refractivity contribution in [2.24, 2.45) is 0 Å². The molecule has 1 N–H and O–H groups in total. The van der Waals surface area contributed by atoms with E-state index in [1.807, 2.05) is 11.4 Å². The zero-order valence-corrected chi connectivity index (χ0v) is 13.5. The smallest absolute Gasteiger partial charge is 0.348 e. The zero-order chi connectivity index (χ0) is 14.7. The van der Waals surface area contributed by atoms with Crippen LogP contribution in [0.25, 0.3) is 0 Å². The Labute approximate surface area is 132 Å². The molecule has 0 atom stereocenters. The van der Waals surface area contributed by atoms with Crippen LogP contribution in [0.3, 0.4) is 0 Å². The van der Waals surface area contributed by atoms with E-state index in [1.165, 1.54) is 54.5 Å².